The van der Waals surface area contributed by atoms with E-state index in [1.807, 2.05) is 0 Å². The van der Waals surface area contributed by atoms with Crippen molar-refractivity contribution in [2.24, 2.45) is 5.73 Å². The zero-order valence-electron chi connectivity index (χ0n) is 10.1. The Bertz CT molecular complexity index is 283. The van der Waals surface area contributed by atoms with Crippen LogP contribution in [0.5, 0.6) is 0 Å². The third kappa shape index (κ3) is 3.67. The van der Waals surface area contributed by atoms with E-state index in [0.29, 0.717) is 12.8 Å². The molecule has 0 aromatic rings. The standard InChI is InChI=1S/C11H20N2O4/c1-17-10(15)7-13-8(5-6-14)3-2-4-9(12)11(13)16/h8-9,14H,2-7,12H2,1H3/t8-,9+/m1/s1. The molecule has 2 atom stereocenters. The Labute approximate surface area is 101 Å². The lowest BCUT2D eigenvalue weighted by molar-refractivity contribution is -0.149. The summed E-state index contributed by atoms with van der Waals surface area (Å²) < 4.78 is 4.57. The number of hydrogen-bond donors (Lipinski definition) is 2. The van der Waals surface area contributed by atoms with Crippen LogP contribution in [0.2, 0.25) is 0 Å². The summed E-state index contributed by atoms with van der Waals surface area (Å²) in [7, 11) is 1.28. The van der Waals surface area contributed by atoms with Crippen molar-refractivity contribution in [1.82, 2.24) is 4.90 Å². The van der Waals surface area contributed by atoms with Crippen molar-refractivity contribution in [2.75, 3.05) is 20.3 Å². The number of carbonyl (C=O) groups is 2. The molecule has 1 aliphatic heterocycles. The van der Waals surface area contributed by atoms with E-state index in [-0.39, 0.29) is 25.1 Å². The minimum Gasteiger partial charge on any atom is -0.468 e. The lowest BCUT2D eigenvalue weighted by Gasteiger charge is -2.29. The summed E-state index contributed by atoms with van der Waals surface area (Å²) in [5.41, 5.74) is 5.74. The Morgan fingerprint density at radius 1 is 1.59 bits per heavy atom. The van der Waals surface area contributed by atoms with Gasteiger partial charge in [0, 0.05) is 12.6 Å². The Morgan fingerprint density at radius 3 is 2.88 bits per heavy atom. The summed E-state index contributed by atoms with van der Waals surface area (Å²) in [6.07, 6.45) is 2.68. The van der Waals surface area contributed by atoms with Crippen molar-refractivity contribution in [3.05, 3.63) is 0 Å². The van der Waals surface area contributed by atoms with Gasteiger partial charge in [-0.05, 0) is 25.7 Å². The van der Waals surface area contributed by atoms with Crippen LogP contribution in [0.4, 0.5) is 0 Å². The van der Waals surface area contributed by atoms with Crippen molar-refractivity contribution in [3.63, 3.8) is 0 Å². The van der Waals surface area contributed by atoms with Gasteiger partial charge in [-0.15, -0.1) is 0 Å². The number of nitrogens with two attached hydrogens (primary N) is 1. The molecule has 3 N–H and O–H groups in total. The Balaban J connectivity index is 2.78. The molecule has 1 rings (SSSR count). The van der Waals surface area contributed by atoms with Crippen LogP contribution in [0.25, 0.3) is 0 Å². The smallest absolute Gasteiger partial charge is 0.325 e. The fraction of sp³-hybridized carbons (Fsp3) is 0.818. The third-order valence-electron chi connectivity index (χ3n) is 3.08. The van der Waals surface area contributed by atoms with E-state index in [4.69, 9.17) is 10.8 Å². The average Bonchev–Trinajstić information content (AvgIpc) is 2.44. The van der Waals surface area contributed by atoms with Gasteiger partial charge in [-0.3, -0.25) is 9.59 Å². The van der Waals surface area contributed by atoms with Crippen molar-refractivity contribution in [1.29, 1.82) is 0 Å². The van der Waals surface area contributed by atoms with Crippen LogP contribution in [-0.4, -0.2) is 54.2 Å². The molecule has 1 aliphatic rings. The van der Waals surface area contributed by atoms with E-state index >= 15 is 0 Å². The van der Waals surface area contributed by atoms with Crippen LogP contribution in [-0.2, 0) is 14.3 Å². The largest absolute Gasteiger partial charge is 0.468 e. The SMILES string of the molecule is COC(=O)CN1C(=O)[C@@H](N)CCC[C@@H]1CCO. The summed E-state index contributed by atoms with van der Waals surface area (Å²) in [6, 6.07) is -0.677. The van der Waals surface area contributed by atoms with Crippen LogP contribution >= 0.6 is 0 Å². The Kier molecular flexibility index (Phi) is 5.37. The molecular weight excluding hydrogens is 224 g/mol. The molecule has 17 heavy (non-hydrogen) atoms. The molecule has 0 aromatic heterocycles. The maximum Gasteiger partial charge on any atom is 0.325 e. The van der Waals surface area contributed by atoms with Crippen molar-refractivity contribution < 1.29 is 19.4 Å². The highest BCUT2D eigenvalue weighted by molar-refractivity contribution is 5.86. The molecule has 0 saturated carbocycles. The maximum atomic E-state index is 12.0. The van der Waals surface area contributed by atoms with Crippen LogP contribution in [0.3, 0.4) is 0 Å². The lowest BCUT2D eigenvalue weighted by atomic mass is 10.1. The fourth-order valence-corrected chi connectivity index (χ4v) is 2.11. The second-order valence-corrected chi connectivity index (χ2v) is 4.25. The number of carbonyl (C=O) groups excluding carboxylic acids is 2. The Morgan fingerprint density at radius 2 is 2.29 bits per heavy atom. The van der Waals surface area contributed by atoms with E-state index in [1.54, 1.807) is 0 Å². The van der Waals surface area contributed by atoms with Gasteiger partial charge in [0.1, 0.15) is 6.54 Å². The summed E-state index contributed by atoms with van der Waals surface area (Å²) in [6.45, 7) is -0.0987. The highest BCUT2D eigenvalue weighted by atomic mass is 16.5. The minimum atomic E-state index is -0.552. The number of methoxy groups -OCH3 is 1. The fourth-order valence-electron chi connectivity index (χ4n) is 2.11. The molecule has 1 heterocycles. The molecule has 0 unspecified atom stereocenters. The van der Waals surface area contributed by atoms with Crippen LogP contribution in [0.15, 0.2) is 0 Å². The third-order valence-corrected chi connectivity index (χ3v) is 3.08. The summed E-state index contributed by atoms with van der Waals surface area (Å²) >= 11 is 0. The molecule has 0 aromatic carbocycles. The van der Waals surface area contributed by atoms with Gasteiger partial charge in [0.05, 0.1) is 13.2 Å². The number of aliphatic hydroxyl groups excluding tert-OH is 1. The van der Waals surface area contributed by atoms with Crippen LogP contribution in [0.1, 0.15) is 25.7 Å². The molecule has 6 heteroatoms. The number of likely N-dealkylation sites (tertiary alicyclic amines) is 1. The zero-order chi connectivity index (χ0) is 12.8. The van der Waals surface area contributed by atoms with E-state index in [9.17, 15) is 9.59 Å². The summed E-state index contributed by atoms with van der Waals surface area (Å²) in [5, 5.41) is 8.99. The second-order valence-electron chi connectivity index (χ2n) is 4.25. The van der Waals surface area contributed by atoms with E-state index < -0.39 is 12.0 Å². The van der Waals surface area contributed by atoms with Gasteiger partial charge in [-0.1, -0.05) is 0 Å². The maximum absolute atomic E-state index is 12.0. The Hall–Kier alpha value is -1.14. The molecule has 0 bridgehead atoms. The van der Waals surface area contributed by atoms with Crippen molar-refractivity contribution >= 4 is 11.9 Å². The van der Waals surface area contributed by atoms with Crippen LogP contribution < -0.4 is 5.73 Å². The number of aliphatic hydroxyl groups is 1. The average molecular weight is 244 g/mol. The topological polar surface area (TPSA) is 92.9 Å². The van der Waals surface area contributed by atoms with Crippen molar-refractivity contribution in [3.8, 4) is 0 Å². The lowest BCUT2D eigenvalue weighted by Crippen LogP contribution is -2.49. The predicted molar refractivity (Wildman–Crippen MR) is 61.0 cm³/mol. The van der Waals surface area contributed by atoms with Gasteiger partial charge in [-0.25, -0.2) is 0 Å². The molecular formula is C11H20N2O4. The first kappa shape index (κ1) is 13.9. The number of rotatable bonds is 4. The van der Waals surface area contributed by atoms with Crippen molar-refractivity contribution in [2.45, 2.75) is 37.8 Å². The van der Waals surface area contributed by atoms with Gasteiger partial charge in [0.2, 0.25) is 5.91 Å². The zero-order valence-corrected chi connectivity index (χ0v) is 10.1. The van der Waals surface area contributed by atoms with Gasteiger partial charge in [0.15, 0.2) is 0 Å². The second kappa shape index (κ2) is 6.56. The molecule has 6 nitrogen and oxygen atoms in total. The molecule has 0 radical (unpaired) electrons. The first-order chi connectivity index (χ1) is 8.10. The monoisotopic (exact) mass is 244 g/mol. The predicted octanol–water partition coefficient (Wildman–Crippen LogP) is -0.750. The summed E-state index contributed by atoms with van der Waals surface area (Å²) in [5.74, 6) is -0.693. The van der Waals surface area contributed by atoms with Gasteiger partial charge in [-0.2, -0.15) is 0 Å². The van der Waals surface area contributed by atoms with E-state index in [1.165, 1.54) is 12.0 Å². The number of hydrogen-bond acceptors (Lipinski definition) is 5. The number of nitrogens with zero attached hydrogens (tertiary/aromatic N) is 1. The van der Waals surface area contributed by atoms with Gasteiger partial charge >= 0.3 is 5.97 Å². The minimum absolute atomic E-state index is 0.00907. The molecule has 1 fully saturated rings. The van der Waals surface area contributed by atoms with Crippen LogP contribution in [0, 0.1) is 0 Å². The van der Waals surface area contributed by atoms with Gasteiger partial charge in [0.25, 0.3) is 0 Å². The highest BCUT2D eigenvalue weighted by Gasteiger charge is 2.32. The molecule has 0 aliphatic carbocycles. The summed E-state index contributed by atoms with van der Waals surface area (Å²) in [4.78, 5) is 24.7. The first-order valence-corrected chi connectivity index (χ1v) is 5.84. The van der Waals surface area contributed by atoms with E-state index in [0.717, 1.165) is 12.8 Å². The quantitative estimate of drug-likeness (QED) is 0.635. The van der Waals surface area contributed by atoms with Gasteiger partial charge < -0.3 is 20.5 Å². The first-order valence-electron chi connectivity index (χ1n) is 5.84. The molecule has 98 valence electrons. The normalized spacial score (nSPS) is 25.6. The highest BCUT2D eigenvalue weighted by Crippen LogP contribution is 2.19. The molecule has 1 amide bonds. The number of esters is 1. The molecule has 0 spiro atoms. The van der Waals surface area contributed by atoms with E-state index in [2.05, 4.69) is 4.74 Å². The number of ether oxygens (including phenoxy) is 1. The number of amides is 1. The molecule has 1 saturated heterocycles.